The van der Waals surface area contributed by atoms with Crippen molar-refractivity contribution in [2.75, 3.05) is 26.3 Å². The van der Waals surface area contributed by atoms with Crippen LogP contribution < -0.4 is 20.3 Å². The molecule has 0 aliphatic rings. The zero-order valence-electron chi connectivity index (χ0n) is 24.7. The first-order valence-electron chi connectivity index (χ1n) is 14.5. The molecular formula is C35H39F3N2O4. The van der Waals surface area contributed by atoms with Crippen molar-refractivity contribution in [2.45, 2.75) is 38.5 Å². The molecule has 0 saturated heterocycles. The SMILES string of the molecule is O=C([O-])C(F)(F)F.[NH3+]CCCN(Cc1ccc(OCCc2ccccc2)cc1)Cc1ccc(OCCc2ccccc2)cc1. The predicted molar refractivity (Wildman–Crippen MR) is 162 cm³/mol. The molecule has 0 unspecified atom stereocenters. The molecule has 0 aliphatic heterocycles. The summed E-state index contributed by atoms with van der Waals surface area (Å²) in [6.45, 7) is 5.14. The minimum absolute atomic E-state index is 0.685. The number of carbonyl (C=O) groups excluding carboxylic acids is 1. The van der Waals surface area contributed by atoms with E-state index >= 15 is 0 Å². The molecule has 9 heteroatoms. The molecule has 3 N–H and O–H groups in total. The van der Waals surface area contributed by atoms with E-state index < -0.39 is 12.1 Å². The maximum atomic E-state index is 10.5. The highest BCUT2D eigenvalue weighted by atomic mass is 19.4. The largest absolute Gasteiger partial charge is 0.542 e. The highest BCUT2D eigenvalue weighted by molar-refractivity contribution is 5.70. The standard InChI is InChI=1S/C33H38N2O2.C2HF3O2/c34-22-7-23-35(26-30-12-16-32(17-13-30)36-24-20-28-8-3-1-4-9-28)27-31-14-18-33(19-15-31)37-25-21-29-10-5-2-6-11-29;3-2(4,5)1(6)7/h1-6,8-19H,7,20-27,34H2;(H,6,7). The molecule has 4 rings (SSSR count). The average molecular weight is 609 g/mol. The van der Waals surface area contributed by atoms with E-state index in [-0.39, 0.29) is 0 Å². The van der Waals surface area contributed by atoms with Gasteiger partial charge in [0.05, 0.1) is 19.8 Å². The number of carbonyl (C=O) groups is 1. The quantitative estimate of drug-likeness (QED) is 0.208. The summed E-state index contributed by atoms with van der Waals surface area (Å²) in [6, 6.07) is 38.0. The topological polar surface area (TPSA) is 89.5 Å². The van der Waals surface area contributed by atoms with Gasteiger partial charge in [-0.1, -0.05) is 84.9 Å². The Bertz CT molecular complexity index is 1260. The van der Waals surface area contributed by atoms with Crippen LogP contribution in [-0.2, 0) is 30.7 Å². The van der Waals surface area contributed by atoms with Gasteiger partial charge in [-0.05, 0) is 46.5 Å². The van der Waals surface area contributed by atoms with Gasteiger partial charge >= 0.3 is 6.18 Å². The van der Waals surface area contributed by atoms with Crippen LogP contribution in [0.3, 0.4) is 0 Å². The van der Waals surface area contributed by atoms with Gasteiger partial charge in [0.15, 0.2) is 0 Å². The van der Waals surface area contributed by atoms with E-state index in [0.717, 1.165) is 56.9 Å². The smallest absolute Gasteiger partial charge is 0.430 e. The van der Waals surface area contributed by atoms with Gasteiger partial charge in [-0.25, -0.2) is 0 Å². The second kappa shape index (κ2) is 18.4. The number of hydrogen-bond acceptors (Lipinski definition) is 5. The minimum atomic E-state index is -5.19. The number of hydrogen-bond donors (Lipinski definition) is 1. The van der Waals surface area contributed by atoms with Crippen LogP contribution in [0.4, 0.5) is 13.2 Å². The molecule has 0 spiro atoms. The lowest BCUT2D eigenvalue weighted by Crippen LogP contribution is -2.51. The third-order valence-electron chi connectivity index (χ3n) is 6.62. The fourth-order valence-electron chi connectivity index (χ4n) is 4.31. The first-order chi connectivity index (χ1) is 21.2. The van der Waals surface area contributed by atoms with Crippen LogP contribution in [0, 0.1) is 0 Å². The second-order valence-electron chi connectivity index (χ2n) is 10.2. The molecule has 0 atom stereocenters. The Hall–Kier alpha value is -4.34. The van der Waals surface area contributed by atoms with Crippen molar-refractivity contribution < 1.29 is 38.3 Å². The number of carboxylic acid groups (broad SMARTS) is 1. The maximum Gasteiger partial charge on any atom is 0.430 e. The number of benzene rings is 4. The number of alkyl halides is 3. The van der Waals surface area contributed by atoms with Gasteiger partial charge in [-0.15, -0.1) is 0 Å². The summed E-state index contributed by atoms with van der Waals surface area (Å²) in [4.78, 5) is 11.3. The highest BCUT2D eigenvalue weighted by Crippen LogP contribution is 2.18. The fourth-order valence-corrected chi connectivity index (χ4v) is 4.31. The van der Waals surface area contributed by atoms with Gasteiger partial charge < -0.3 is 25.1 Å². The van der Waals surface area contributed by atoms with Crippen LogP contribution in [0.1, 0.15) is 28.7 Å². The first kappa shape index (κ1) is 34.2. The van der Waals surface area contributed by atoms with E-state index in [9.17, 15) is 13.2 Å². The van der Waals surface area contributed by atoms with E-state index in [4.69, 9.17) is 19.4 Å². The molecule has 4 aromatic rings. The third-order valence-corrected chi connectivity index (χ3v) is 6.62. The Balaban J connectivity index is 0.000000676. The highest BCUT2D eigenvalue weighted by Gasteiger charge is 2.28. The van der Waals surface area contributed by atoms with Crippen LogP contribution in [-0.4, -0.2) is 43.3 Å². The van der Waals surface area contributed by atoms with Crippen LogP contribution in [0.25, 0.3) is 0 Å². The van der Waals surface area contributed by atoms with Gasteiger partial charge in [0.25, 0.3) is 0 Å². The van der Waals surface area contributed by atoms with Gasteiger partial charge in [-0.2, -0.15) is 13.2 Å². The molecule has 4 aromatic carbocycles. The van der Waals surface area contributed by atoms with Crippen LogP contribution in [0.2, 0.25) is 0 Å². The van der Waals surface area contributed by atoms with E-state index in [1.807, 2.05) is 12.1 Å². The Labute approximate surface area is 256 Å². The van der Waals surface area contributed by atoms with Crippen molar-refractivity contribution in [3.8, 4) is 11.5 Å². The van der Waals surface area contributed by atoms with Crippen LogP contribution in [0.15, 0.2) is 109 Å². The average Bonchev–Trinajstić information content (AvgIpc) is 3.02. The van der Waals surface area contributed by atoms with Crippen molar-refractivity contribution in [3.63, 3.8) is 0 Å². The van der Waals surface area contributed by atoms with Crippen molar-refractivity contribution in [1.29, 1.82) is 0 Å². The normalized spacial score (nSPS) is 11.0. The van der Waals surface area contributed by atoms with Gasteiger partial charge in [0, 0.05) is 38.9 Å². The van der Waals surface area contributed by atoms with Crippen molar-refractivity contribution in [1.82, 2.24) is 4.90 Å². The first-order valence-corrected chi connectivity index (χ1v) is 14.5. The lowest BCUT2D eigenvalue weighted by atomic mass is 10.1. The van der Waals surface area contributed by atoms with E-state index in [2.05, 4.69) is 108 Å². The number of quaternary nitrogens is 1. The van der Waals surface area contributed by atoms with Crippen molar-refractivity contribution >= 4 is 5.97 Å². The molecule has 0 amide bonds. The minimum Gasteiger partial charge on any atom is -0.542 e. The van der Waals surface area contributed by atoms with Crippen LogP contribution in [0.5, 0.6) is 11.5 Å². The number of halogens is 3. The molecule has 0 fully saturated rings. The summed E-state index contributed by atoms with van der Waals surface area (Å²) in [5.41, 5.74) is 9.22. The lowest BCUT2D eigenvalue weighted by Gasteiger charge is -2.22. The number of nitrogens with zero attached hydrogens (tertiary/aromatic N) is 1. The summed E-state index contributed by atoms with van der Waals surface area (Å²) in [6.07, 6.45) is -2.28. The Morgan fingerprint density at radius 1 is 0.659 bits per heavy atom. The zero-order valence-corrected chi connectivity index (χ0v) is 24.7. The van der Waals surface area contributed by atoms with E-state index in [1.165, 1.54) is 22.3 Å². The molecule has 0 aliphatic carbocycles. The predicted octanol–water partition coefficient (Wildman–Crippen LogP) is 4.86. The molecule has 6 nitrogen and oxygen atoms in total. The summed E-state index contributed by atoms with van der Waals surface area (Å²) in [5, 5.41) is 8.78. The van der Waals surface area contributed by atoms with E-state index in [0.29, 0.717) is 13.2 Å². The van der Waals surface area contributed by atoms with Gasteiger partial charge in [0.2, 0.25) is 0 Å². The molecular weight excluding hydrogens is 569 g/mol. The van der Waals surface area contributed by atoms with Gasteiger partial charge in [-0.3, -0.25) is 4.90 Å². The number of ether oxygens (including phenoxy) is 2. The second-order valence-corrected chi connectivity index (χ2v) is 10.2. The molecule has 44 heavy (non-hydrogen) atoms. The van der Waals surface area contributed by atoms with Crippen molar-refractivity contribution in [2.24, 2.45) is 0 Å². The molecule has 0 aromatic heterocycles. The Morgan fingerprint density at radius 3 is 1.39 bits per heavy atom. The summed E-state index contributed by atoms with van der Waals surface area (Å²) in [5.74, 6) is -1.16. The fraction of sp³-hybridized carbons (Fsp3) is 0.286. The number of rotatable bonds is 15. The molecule has 0 radical (unpaired) electrons. The molecule has 234 valence electrons. The monoisotopic (exact) mass is 608 g/mol. The molecule has 0 heterocycles. The Kier molecular flexibility index (Phi) is 14.2. The maximum absolute atomic E-state index is 10.5. The summed E-state index contributed by atoms with van der Waals surface area (Å²) < 4.78 is 43.5. The molecule has 0 bridgehead atoms. The van der Waals surface area contributed by atoms with Gasteiger partial charge in [0.1, 0.15) is 17.5 Å². The number of aliphatic carboxylic acids is 1. The summed E-state index contributed by atoms with van der Waals surface area (Å²) in [7, 11) is 0. The van der Waals surface area contributed by atoms with E-state index in [1.54, 1.807) is 0 Å². The zero-order chi connectivity index (χ0) is 31.6. The molecule has 0 saturated carbocycles. The summed E-state index contributed by atoms with van der Waals surface area (Å²) >= 11 is 0. The van der Waals surface area contributed by atoms with Crippen LogP contribution >= 0.6 is 0 Å². The lowest BCUT2D eigenvalue weighted by molar-refractivity contribution is -0.368. The number of carboxylic acids is 1. The van der Waals surface area contributed by atoms with Crippen molar-refractivity contribution in [3.05, 3.63) is 131 Å². The Morgan fingerprint density at radius 2 is 1.05 bits per heavy atom. The third kappa shape index (κ3) is 13.3.